The van der Waals surface area contributed by atoms with Crippen molar-refractivity contribution in [1.82, 2.24) is 0 Å². The maximum atomic E-state index is 12.6. The smallest absolute Gasteiger partial charge is 0.343 e. The van der Waals surface area contributed by atoms with E-state index in [-0.39, 0.29) is 12.2 Å². The Morgan fingerprint density at radius 2 is 1.96 bits per heavy atom. The molecule has 0 saturated carbocycles. The van der Waals surface area contributed by atoms with Crippen LogP contribution in [0.25, 0.3) is 6.08 Å². The number of halogens is 1. The fraction of sp³-hybridized carbons (Fsp3) is 0.190. The van der Waals surface area contributed by atoms with E-state index in [0.29, 0.717) is 17.0 Å². The lowest BCUT2D eigenvalue weighted by atomic mass is 10.1. The molecule has 28 heavy (non-hydrogen) atoms. The third-order valence-corrected chi connectivity index (χ3v) is 4.33. The first-order chi connectivity index (χ1) is 13.3. The van der Waals surface area contributed by atoms with E-state index in [1.807, 2.05) is 32.0 Å². The highest BCUT2D eigenvalue weighted by atomic mass is 79.9. The van der Waals surface area contributed by atoms with Gasteiger partial charge in [-0.05, 0) is 49.8 Å². The van der Waals surface area contributed by atoms with Crippen LogP contribution in [-0.2, 0) is 14.3 Å². The van der Waals surface area contributed by atoms with Gasteiger partial charge in [0.05, 0.1) is 7.11 Å². The molecule has 2 rings (SSSR count). The van der Waals surface area contributed by atoms with Gasteiger partial charge in [-0.15, -0.1) is 0 Å². The van der Waals surface area contributed by atoms with Crippen molar-refractivity contribution in [2.45, 2.75) is 13.8 Å². The summed E-state index contributed by atoms with van der Waals surface area (Å²) in [5, 5.41) is 12.2. The summed E-state index contributed by atoms with van der Waals surface area (Å²) in [6.45, 7) is 3.56. The predicted octanol–water partition coefficient (Wildman–Crippen LogP) is 4.16. The Labute approximate surface area is 171 Å². The van der Waals surface area contributed by atoms with Crippen molar-refractivity contribution in [2.24, 2.45) is 0 Å². The zero-order valence-electron chi connectivity index (χ0n) is 15.7. The lowest BCUT2D eigenvalue weighted by Crippen LogP contribution is -2.15. The number of nitriles is 1. The van der Waals surface area contributed by atoms with Gasteiger partial charge < -0.3 is 14.8 Å². The number of benzene rings is 2. The number of ether oxygens (including phenoxy) is 2. The Bertz CT molecular complexity index is 977. The van der Waals surface area contributed by atoms with E-state index in [1.165, 1.54) is 13.2 Å². The van der Waals surface area contributed by atoms with Crippen molar-refractivity contribution in [3.8, 4) is 11.8 Å². The van der Waals surface area contributed by atoms with Crippen LogP contribution in [-0.4, -0.2) is 25.6 Å². The maximum Gasteiger partial charge on any atom is 0.343 e. The molecular formula is C21H19BrN2O4. The average molecular weight is 443 g/mol. The van der Waals surface area contributed by atoms with Gasteiger partial charge >= 0.3 is 5.97 Å². The molecule has 6 nitrogen and oxygen atoms in total. The van der Waals surface area contributed by atoms with Crippen LogP contribution in [0.1, 0.15) is 16.7 Å². The second-order valence-corrected chi connectivity index (χ2v) is 6.90. The van der Waals surface area contributed by atoms with E-state index in [4.69, 9.17) is 4.74 Å². The van der Waals surface area contributed by atoms with Gasteiger partial charge in [0.25, 0.3) is 5.91 Å². The molecule has 0 aromatic heterocycles. The summed E-state index contributed by atoms with van der Waals surface area (Å²) in [4.78, 5) is 23.9. The van der Waals surface area contributed by atoms with Gasteiger partial charge in [-0.2, -0.15) is 5.26 Å². The van der Waals surface area contributed by atoms with Gasteiger partial charge in [-0.25, -0.2) is 4.79 Å². The SMILES string of the molecule is COC(=O)COc1ccc(Br)cc1/C=C(\C#N)C(=O)Nc1ccc(C)cc1C. The number of hydrogen-bond acceptors (Lipinski definition) is 5. The number of methoxy groups -OCH3 is 1. The standard InChI is InChI=1S/C21H19BrN2O4/c1-13-4-6-18(14(2)8-13)24-21(26)16(11-23)9-15-10-17(22)5-7-19(15)28-12-20(25)27-3/h4-10H,12H2,1-3H3,(H,24,26)/b16-9+. The van der Waals surface area contributed by atoms with E-state index in [0.717, 1.165) is 15.6 Å². The van der Waals surface area contributed by atoms with Crippen molar-refractivity contribution in [2.75, 3.05) is 19.0 Å². The molecule has 0 radical (unpaired) electrons. The summed E-state index contributed by atoms with van der Waals surface area (Å²) in [5.41, 5.74) is 2.99. The molecule has 2 aromatic carbocycles. The normalized spacial score (nSPS) is 10.8. The van der Waals surface area contributed by atoms with E-state index >= 15 is 0 Å². The van der Waals surface area contributed by atoms with Gasteiger partial charge in [0.15, 0.2) is 6.61 Å². The molecule has 1 N–H and O–H groups in total. The Hall–Kier alpha value is -3.11. The quantitative estimate of drug-likeness (QED) is 0.412. The number of nitrogens with zero attached hydrogens (tertiary/aromatic N) is 1. The summed E-state index contributed by atoms with van der Waals surface area (Å²) in [6, 6.07) is 12.6. The summed E-state index contributed by atoms with van der Waals surface area (Å²) >= 11 is 3.35. The first kappa shape index (κ1) is 21.2. The number of carbonyl (C=O) groups excluding carboxylic acids is 2. The average Bonchev–Trinajstić information content (AvgIpc) is 2.67. The monoisotopic (exact) mass is 442 g/mol. The molecule has 0 aliphatic rings. The van der Waals surface area contributed by atoms with Crippen molar-refractivity contribution in [3.05, 3.63) is 63.1 Å². The molecule has 0 fully saturated rings. The number of rotatable bonds is 6. The zero-order valence-corrected chi connectivity index (χ0v) is 17.3. The van der Waals surface area contributed by atoms with Gasteiger partial charge in [-0.3, -0.25) is 4.79 Å². The van der Waals surface area contributed by atoms with Crippen LogP contribution in [0.3, 0.4) is 0 Å². The Morgan fingerprint density at radius 1 is 1.21 bits per heavy atom. The van der Waals surface area contributed by atoms with Crippen LogP contribution in [0.4, 0.5) is 5.69 Å². The predicted molar refractivity (Wildman–Crippen MR) is 110 cm³/mol. The van der Waals surface area contributed by atoms with Crippen molar-refractivity contribution >= 4 is 39.6 Å². The molecule has 0 aliphatic carbocycles. The van der Waals surface area contributed by atoms with E-state index < -0.39 is 11.9 Å². The highest BCUT2D eigenvalue weighted by Gasteiger charge is 2.13. The molecule has 0 bridgehead atoms. The minimum absolute atomic E-state index is 0.0963. The third kappa shape index (κ3) is 5.69. The van der Waals surface area contributed by atoms with Crippen molar-refractivity contribution in [3.63, 3.8) is 0 Å². The van der Waals surface area contributed by atoms with Crippen LogP contribution in [0.5, 0.6) is 5.75 Å². The van der Waals surface area contributed by atoms with Gasteiger partial charge in [0, 0.05) is 15.7 Å². The topological polar surface area (TPSA) is 88.4 Å². The van der Waals surface area contributed by atoms with E-state index in [1.54, 1.807) is 24.3 Å². The molecule has 0 saturated heterocycles. The Kier molecular flexibility index (Phi) is 7.36. The molecule has 144 valence electrons. The summed E-state index contributed by atoms with van der Waals surface area (Å²) < 4.78 is 10.7. The zero-order chi connectivity index (χ0) is 20.7. The molecule has 0 atom stereocenters. The van der Waals surface area contributed by atoms with Crippen LogP contribution in [0, 0.1) is 25.2 Å². The third-order valence-electron chi connectivity index (χ3n) is 3.84. The minimum atomic E-state index is -0.536. The van der Waals surface area contributed by atoms with Crippen LogP contribution in [0.2, 0.25) is 0 Å². The first-order valence-corrected chi connectivity index (χ1v) is 9.13. The largest absolute Gasteiger partial charge is 0.481 e. The fourth-order valence-corrected chi connectivity index (χ4v) is 2.79. The lowest BCUT2D eigenvalue weighted by Gasteiger charge is -2.10. The molecular weight excluding hydrogens is 424 g/mol. The summed E-state index contributed by atoms with van der Waals surface area (Å²) in [6.07, 6.45) is 1.41. The van der Waals surface area contributed by atoms with Gasteiger partial charge in [-0.1, -0.05) is 33.6 Å². The Balaban J connectivity index is 2.30. The molecule has 2 aromatic rings. The molecule has 0 aliphatic heterocycles. The minimum Gasteiger partial charge on any atom is -0.481 e. The Morgan fingerprint density at radius 3 is 2.61 bits per heavy atom. The summed E-state index contributed by atoms with van der Waals surface area (Å²) in [7, 11) is 1.26. The number of amides is 1. The second kappa shape index (κ2) is 9.72. The molecule has 0 unspecified atom stereocenters. The number of nitrogens with one attached hydrogen (secondary N) is 1. The number of esters is 1. The van der Waals surface area contributed by atoms with E-state index in [2.05, 4.69) is 26.0 Å². The van der Waals surface area contributed by atoms with Crippen LogP contribution in [0.15, 0.2) is 46.4 Å². The number of anilines is 1. The molecule has 0 heterocycles. The fourth-order valence-electron chi connectivity index (χ4n) is 2.41. The van der Waals surface area contributed by atoms with Crippen LogP contribution >= 0.6 is 15.9 Å². The van der Waals surface area contributed by atoms with Crippen LogP contribution < -0.4 is 10.1 Å². The summed E-state index contributed by atoms with van der Waals surface area (Å²) in [5.74, 6) is -0.722. The maximum absolute atomic E-state index is 12.6. The highest BCUT2D eigenvalue weighted by molar-refractivity contribution is 9.10. The number of aryl methyl sites for hydroxylation is 2. The highest BCUT2D eigenvalue weighted by Crippen LogP contribution is 2.26. The number of hydrogen-bond donors (Lipinski definition) is 1. The second-order valence-electron chi connectivity index (χ2n) is 5.99. The van der Waals surface area contributed by atoms with Crippen molar-refractivity contribution < 1.29 is 19.1 Å². The van der Waals surface area contributed by atoms with Gasteiger partial charge in [0.2, 0.25) is 0 Å². The first-order valence-electron chi connectivity index (χ1n) is 8.33. The molecule has 1 amide bonds. The lowest BCUT2D eigenvalue weighted by molar-refractivity contribution is -0.142. The van der Waals surface area contributed by atoms with Crippen molar-refractivity contribution in [1.29, 1.82) is 5.26 Å². The molecule has 7 heteroatoms. The number of carbonyl (C=O) groups is 2. The van der Waals surface area contributed by atoms with Gasteiger partial charge in [0.1, 0.15) is 17.4 Å². The molecule has 0 spiro atoms. The van der Waals surface area contributed by atoms with E-state index in [9.17, 15) is 14.9 Å².